The Morgan fingerprint density at radius 3 is 2.31 bits per heavy atom. The molecule has 0 aliphatic heterocycles. The normalized spacial score (nSPS) is 16.9. The van der Waals surface area contributed by atoms with E-state index in [0.717, 1.165) is 0 Å². The molecule has 16 heavy (non-hydrogen) atoms. The molecule has 0 aromatic heterocycles. The lowest BCUT2D eigenvalue weighted by Gasteiger charge is -2.29. The first-order chi connectivity index (χ1) is 7.38. The Morgan fingerprint density at radius 2 is 1.88 bits per heavy atom. The van der Waals surface area contributed by atoms with Crippen LogP contribution in [0.3, 0.4) is 0 Å². The van der Waals surface area contributed by atoms with Gasteiger partial charge in [0.25, 0.3) is 0 Å². The summed E-state index contributed by atoms with van der Waals surface area (Å²) in [7, 11) is 1.44. The molecule has 0 spiro atoms. The van der Waals surface area contributed by atoms with Gasteiger partial charge in [0, 0.05) is 19.1 Å². The van der Waals surface area contributed by atoms with Gasteiger partial charge >= 0.3 is 0 Å². The van der Waals surface area contributed by atoms with E-state index in [4.69, 9.17) is 4.74 Å². The van der Waals surface area contributed by atoms with Crippen LogP contribution in [0.15, 0.2) is 18.2 Å². The molecule has 0 radical (unpaired) electrons. The summed E-state index contributed by atoms with van der Waals surface area (Å²) in [4.78, 5) is 0. The number of aliphatic hydroxyl groups is 1. The molecule has 0 heterocycles. The van der Waals surface area contributed by atoms with Crippen LogP contribution in [0.4, 0.5) is 8.78 Å². The number of benzene rings is 1. The van der Waals surface area contributed by atoms with Crippen molar-refractivity contribution in [2.45, 2.75) is 32.0 Å². The molecule has 0 saturated heterocycles. The average Bonchev–Trinajstić information content (AvgIpc) is 2.22. The zero-order chi connectivity index (χ0) is 12.3. The van der Waals surface area contributed by atoms with Crippen molar-refractivity contribution in [2.24, 2.45) is 0 Å². The Bertz CT molecular complexity index is 344. The summed E-state index contributed by atoms with van der Waals surface area (Å²) >= 11 is 0. The molecule has 2 atom stereocenters. The summed E-state index contributed by atoms with van der Waals surface area (Å²) in [5.74, 6) is -1.30. The molecule has 90 valence electrons. The first-order valence-electron chi connectivity index (χ1n) is 5.06. The van der Waals surface area contributed by atoms with Crippen LogP contribution >= 0.6 is 0 Å². The highest BCUT2D eigenvalue weighted by molar-refractivity contribution is 5.21. The maximum atomic E-state index is 13.4. The Kier molecular flexibility index (Phi) is 3.99. The Labute approximate surface area is 93.9 Å². The molecule has 2 unspecified atom stereocenters. The van der Waals surface area contributed by atoms with Crippen LogP contribution in [-0.4, -0.2) is 23.9 Å². The monoisotopic (exact) mass is 230 g/mol. The highest BCUT2D eigenvalue weighted by Gasteiger charge is 2.30. The maximum absolute atomic E-state index is 13.4. The van der Waals surface area contributed by atoms with Crippen molar-refractivity contribution in [3.8, 4) is 0 Å². The first-order valence-corrected chi connectivity index (χ1v) is 5.06. The second-order valence-electron chi connectivity index (χ2n) is 4.11. The predicted octanol–water partition coefficient (Wildman–Crippen LogP) is 2.29. The van der Waals surface area contributed by atoms with Gasteiger partial charge in [-0.25, -0.2) is 8.78 Å². The van der Waals surface area contributed by atoms with Crippen LogP contribution < -0.4 is 0 Å². The lowest BCUT2D eigenvalue weighted by Crippen LogP contribution is -2.41. The molecule has 1 rings (SSSR count). The predicted molar refractivity (Wildman–Crippen MR) is 57.2 cm³/mol. The molecule has 1 aromatic rings. The summed E-state index contributed by atoms with van der Waals surface area (Å²) in [6.07, 6.45) is -0.632. The fraction of sp³-hybridized carbons (Fsp3) is 0.500. The summed E-state index contributed by atoms with van der Waals surface area (Å²) in [5, 5.41) is 10.0. The fourth-order valence-corrected chi connectivity index (χ4v) is 1.46. The first kappa shape index (κ1) is 13.1. The summed E-state index contributed by atoms with van der Waals surface area (Å²) in [6.45, 7) is 3.14. The van der Waals surface area contributed by atoms with E-state index in [1.165, 1.54) is 32.2 Å². The topological polar surface area (TPSA) is 29.5 Å². The van der Waals surface area contributed by atoms with E-state index in [1.807, 2.05) is 0 Å². The van der Waals surface area contributed by atoms with Gasteiger partial charge in [0.05, 0.1) is 11.7 Å². The minimum Gasteiger partial charge on any atom is -0.387 e. The van der Waals surface area contributed by atoms with Gasteiger partial charge in [-0.15, -0.1) is 0 Å². The molecule has 0 aliphatic rings. The van der Waals surface area contributed by atoms with Crippen molar-refractivity contribution in [3.63, 3.8) is 0 Å². The molecule has 0 fully saturated rings. The lowest BCUT2D eigenvalue weighted by atomic mass is 9.91. The molecule has 1 N–H and O–H groups in total. The van der Waals surface area contributed by atoms with Crippen LogP contribution in [0.2, 0.25) is 0 Å². The number of hydrogen-bond acceptors (Lipinski definition) is 2. The third kappa shape index (κ3) is 2.77. The number of methoxy groups -OCH3 is 1. The fourth-order valence-electron chi connectivity index (χ4n) is 1.46. The van der Waals surface area contributed by atoms with Gasteiger partial charge in [0.15, 0.2) is 0 Å². The van der Waals surface area contributed by atoms with Crippen LogP contribution in [0.25, 0.3) is 0 Å². The van der Waals surface area contributed by atoms with E-state index in [0.29, 0.717) is 0 Å². The van der Waals surface area contributed by atoms with Gasteiger partial charge < -0.3 is 9.84 Å². The molecular formula is C12H16F2O2. The Balaban J connectivity index is 2.96. The third-order valence-electron chi connectivity index (χ3n) is 2.83. The Hall–Kier alpha value is -1.00. The SMILES string of the molecule is COC(C)C(C)(O)Cc1c(F)cccc1F. The lowest BCUT2D eigenvalue weighted by molar-refractivity contribution is -0.0723. The van der Waals surface area contributed by atoms with Crippen molar-refractivity contribution >= 4 is 0 Å². The van der Waals surface area contributed by atoms with E-state index >= 15 is 0 Å². The summed E-state index contributed by atoms with van der Waals surface area (Å²) in [5.41, 5.74) is -1.42. The molecule has 0 saturated carbocycles. The summed E-state index contributed by atoms with van der Waals surface area (Å²) < 4.78 is 31.7. The zero-order valence-electron chi connectivity index (χ0n) is 9.63. The van der Waals surface area contributed by atoms with E-state index in [1.54, 1.807) is 6.92 Å². The third-order valence-corrected chi connectivity index (χ3v) is 2.83. The van der Waals surface area contributed by atoms with Crippen LogP contribution in [0.1, 0.15) is 19.4 Å². The molecule has 4 heteroatoms. The number of ether oxygens (including phenoxy) is 1. The van der Waals surface area contributed by atoms with Gasteiger partial charge in [-0.05, 0) is 26.0 Å². The Morgan fingerprint density at radius 1 is 1.38 bits per heavy atom. The standard InChI is InChI=1S/C12H16F2O2/c1-8(16-3)12(2,15)7-9-10(13)5-4-6-11(9)14/h4-6,8,15H,7H2,1-3H3. The molecular weight excluding hydrogens is 214 g/mol. The largest absolute Gasteiger partial charge is 0.387 e. The maximum Gasteiger partial charge on any atom is 0.129 e. The second kappa shape index (κ2) is 4.89. The van der Waals surface area contributed by atoms with Crippen molar-refractivity contribution in [3.05, 3.63) is 35.4 Å². The minimum absolute atomic E-state index is 0.114. The molecule has 1 aromatic carbocycles. The minimum atomic E-state index is -1.31. The molecule has 0 aliphatic carbocycles. The van der Waals surface area contributed by atoms with Crippen molar-refractivity contribution < 1.29 is 18.6 Å². The smallest absolute Gasteiger partial charge is 0.129 e. The number of hydrogen-bond donors (Lipinski definition) is 1. The van der Waals surface area contributed by atoms with E-state index < -0.39 is 23.3 Å². The number of halogens is 2. The van der Waals surface area contributed by atoms with E-state index in [9.17, 15) is 13.9 Å². The van der Waals surface area contributed by atoms with Gasteiger partial charge in [-0.1, -0.05) is 6.07 Å². The van der Waals surface area contributed by atoms with Crippen molar-refractivity contribution in [1.29, 1.82) is 0 Å². The van der Waals surface area contributed by atoms with Crippen LogP contribution in [-0.2, 0) is 11.2 Å². The van der Waals surface area contributed by atoms with Crippen molar-refractivity contribution in [2.75, 3.05) is 7.11 Å². The van der Waals surface area contributed by atoms with Crippen LogP contribution in [0, 0.1) is 11.6 Å². The van der Waals surface area contributed by atoms with Crippen LogP contribution in [0.5, 0.6) is 0 Å². The highest BCUT2D eigenvalue weighted by atomic mass is 19.1. The van der Waals surface area contributed by atoms with Crippen molar-refractivity contribution in [1.82, 2.24) is 0 Å². The quantitative estimate of drug-likeness (QED) is 0.860. The average molecular weight is 230 g/mol. The zero-order valence-corrected chi connectivity index (χ0v) is 9.63. The van der Waals surface area contributed by atoms with Gasteiger partial charge in [-0.2, -0.15) is 0 Å². The van der Waals surface area contributed by atoms with Gasteiger partial charge in [0.2, 0.25) is 0 Å². The van der Waals surface area contributed by atoms with Gasteiger partial charge in [0.1, 0.15) is 11.6 Å². The molecule has 0 amide bonds. The van der Waals surface area contributed by atoms with E-state index in [2.05, 4.69) is 0 Å². The molecule has 2 nitrogen and oxygen atoms in total. The second-order valence-corrected chi connectivity index (χ2v) is 4.11. The van der Waals surface area contributed by atoms with E-state index in [-0.39, 0.29) is 12.0 Å². The number of rotatable bonds is 4. The highest BCUT2D eigenvalue weighted by Crippen LogP contribution is 2.22. The van der Waals surface area contributed by atoms with Gasteiger partial charge in [-0.3, -0.25) is 0 Å². The molecule has 0 bridgehead atoms. The summed E-state index contributed by atoms with van der Waals surface area (Å²) in [6, 6.07) is 3.64.